The maximum absolute atomic E-state index is 11.7. The van der Waals surface area contributed by atoms with Crippen LogP contribution in [0.15, 0.2) is 24.3 Å². The zero-order valence-corrected chi connectivity index (χ0v) is 11.5. The van der Waals surface area contributed by atoms with Crippen LogP contribution >= 0.6 is 0 Å². The van der Waals surface area contributed by atoms with Gasteiger partial charge < -0.3 is 5.32 Å². The zero-order valence-electron chi connectivity index (χ0n) is 11.5. The van der Waals surface area contributed by atoms with Gasteiger partial charge in [0.25, 0.3) is 0 Å². The van der Waals surface area contributed by atoms with E-state index in [1.165, 1.54) is 5.56 Å². The van der Waals surface area contributed by atoms with Crippen molar-refractivity contribution in [2.24, 2.45) is 0 Å². The third-order valence-corrected chi connectivity index (χ3v) is 2.81. The zero-order chi connectivity index (χ0) is 13.1. The van der Waals surface area contributed by atoms with Crippen LogP contribution < -0.4 is 5.32 Å². The molecule has 1 aromatic rings. The van der Waals surface area contributed by atoms with Crippen molar-refractivity contribution in [1.82, 2.24) is 5.32 Å². The van der Waals surface area contributed by atoms with Crippen LogP contribution in [0.25, 0.3) is 0 Å². The molecule has 17 heavy (non-hydrogen) atoms. The molecule has 0 unspecified atom stereocenters. The molecule has 0 fully saturated rings. The number of rotatable bonds is 4. The minimum absolute atomic E-state index is 0.0401. The number of Topliss-reactive ketones (excluding diaryl/α,β-unsaturated/α-hetero) is 1. The Morgan fingerprint density at radius 2 is 1.76 bits per heavy atom. The third-order valence-electron chi connectivity index (χ3n) is 2.81. The van der Waals surface area contributed by atoms with Crippen LogP contribution in [0.4, 0.5) is 0 Å². The first-order valence-corrected chi connectivity index (χ1v) is 6.11. The Bertz CT molecular complexity index is 373. The van der Waals surface area contributed by atoms with Crippen molar-refractivity contribution in [3.8, 4) is 0 Å². The average Bonchev–Trinajstić information content (AvgIpc) is 2.18. The van der Waals surface area contributed by atoms with Gasteiger partial charge in [0.2, 0.25) is 0 Å². The Kier molecular flexibility index (Phi) is 4.47. The summed E-state index contributed by atoms with van der Waals surface area (Å²) in [6, 6.07) is 8.21. The summed E-state index contributed by atoms with van der Waals surface area (Å²) in [4.78, 5) is 11.7. The molecule has 0 bridgehead atoms. The van der Waals surface area contributed by atoms with Crippen LogP contribution in [-0.2, 0) is 4.79 Å². The molecule has 2 nitrogen and oxygen atoms in total. The quantitative estimate of drug-likeness (QED) is 0.866. The van der Waals surface area contributed by atoms with Gasteiger partial charge in [-0.25, -0.2) is 0 Å². The van der Waals surface area contributed by atoms with E-state index in [-0.39, 0.29) is 17.2 Å². The second-order valence-corrected chi connectivity index (χ2v) is 5.70. The highest BCUT2D eigenvalue weighted by molar-refractivity contribution is 5.83. The van der Waals surface area contributed by atoms with Crippen LogP contribution in [-0.4, -0.2) is 17.9 Å². The highest BCUT2D eigenvalue weighted by atomic mass is 16.1. The first-order valence-electron chi connectivity index (χ1n) is 6.11. The molecular weight excluding hydrogens is 210 g/mol. The van der Waals surface area contributed by atoms with Crippen molar-refractivity contribution in [3.05, 3.63) is 35.4 Å². The Labute approximate surface area is 104 Å². The molecule has 0 radical (unpaired) electrons. The molecule has 94 valence electrons. The number of hydrogen-bond acceptors (Lipinski definition) is 2. The maximum atomic E-state index is 11.7. The molecule has 0 saturated carbocycles. The number of nitrogens with one attached hydrogen (secondary N) is 1. The van der Waals surface area contributed by atoms with E-state index in [1.807, 2.05) is 12.1 Å². The Morgan fingerprint density at radius 3 is 2.18 bits per heavy atom. The summed E-state index contributed by atoms with van der Waals surface area (Å²) in [7, 11) is 0. The van der Waals surface area contributed by atoms with Crippen molar-refractivity contribution >= 4 is 5.78 Å². The minimum Gasteiger partial charge on any atom is -0.311 e. The SMILES string of the molecule is CC(=O)[C@H](CNC(C)(C)C)c1ccc(C)cc1. The number of hydrogen-bond donors (Lipinski definition) is 1. The number of aryl methyl sites for hydroxylation is 1. The van der Waals surface area contributed by atoms with E-state index in [4.69, 9.17) is 0 Å². The van der Waals surface area contributed by atoms with Gasteiger partial charge in [-0.3, -0.25) is 4.79 Å². The average molecular weight is 233 g/mol. The molecule has 0 heterocycles. The van der Waals surface area contributed by atoms with Gasteiger partial charge in [-0.2, -0.15) is 0 Å². The maximum Gasteiger partial charge on any atom is 0.138 e. The molecule has 0 aliphatic heterocycles. The van der Waals surface area contributed by atoms with Crippen molar-refractivity contribution in [2.45, 2.75) is 46.1 Å². The number of carbonyl (C=O) groups is 1. The van der Waals surface area contributed by atoms with Gasteiger partial charge in [0, 0.05) is 12.1 Å². The number of benzene rings is 1. The van der Waals surface area contributed by atoms with E-state index in [0.29, 0.717) is 6.54 Å². The predicted molar refractivity (Wildman–Crippen MR) is 72.4 cm³/mol. The van der Waals surface area contributed by atoms with Gasteiger partial charge >= 0.3 is 0 Å². The molecule has 0 spiro atoms. The lowest BCUT2D eigenvalue weighted by Crippen LogP contribution is -2.39. The molecule has 1 N–H and O–H groups in total. The molecule has 0 aliphatic rings. The van der Waals surface area contributed by atoms with E-state index in [0.717, 1.165) is 5.56 Å². The third kappa shape index (κ3) is 4.70. The summed E-state index contributed by atoms with van der Waals surface area (Å²) in [5.41, 5.74) is 2.36. The van der Waals surface area contributed by atoms with Gasteiger partial charge in [-0.05, 0) is 40.2 Å². The first kappa shape index (κ1) is 13.9. The van der Waals surface area contributed by atoms with Gasteiger partial charge in [-0.1, -0.05) is 29.8 Å². The fraction of sp³-hybridized carbons (Fsp3) is 0.533. The van der Waals surface area contributed by atoms with Crippen LogP contribution in [0.5, 0.6) is 0 Å². The van der Waals surface area contributed by atoms with Crippen LogP contribution in [0.2, 0.25) is 0 Å². The highest BCUT2D eigenvalue weighted by Gasteiger charge is 2.19. The lowest BCUT2D eigenvalue weighted by molar-refractivity contribution is -0.118. The first-order chi connectivity index (χ1) is 7.79. The molecular formula is C15H23NO. The molecule has 0 aromatic heterocycles. The fourth-order valence-electron chi connectivity index (χ4n) is 1.70. The van der Waals surface area contributed by atoms with Crippen molar-refractivity contribution < 1.29 is 4.79 Å². The van der Waals surface area contributed by atoms with Crippen LogP contribution in [0, 0.1) is 6.92 Å². The minimum atomic E-state index is -0.0465. The smallest absolute Gasteiger partial charge is 0.138 e. The molecule has 1 atom stereocenters. The van der Waals surface area contributed by atoms with Gasteiger partial charge in [-0.15, -0.1) is 0 Å². The Hall–Kier alpha value is -1.15. The van der Waals surface area contributed by atoms with Crippen LogP contribution in [0.1, 0.15) is 44.7 Å². The summed E-state index contributed by atoms with van der Waals surface area (Å²) in [6.45, 7) is 10.7. The molecule has 0 saturated heterocycles. The molecule has 2 heteroatoms. The standard InChI is InChI=1S/C15H23NO/c1-11-6-8-13(9-7-11)14(12(2)17)10-16-15(3,4)5/h6-9,14,16H,10H2,1-5H3/t14-/m0/s1. The number of carbonyl (C=O) groups excluding carboxylic acids is 1. The van der Waals surface area contributed by atoms with Crippen molar-refractivity contribution in [1.29, 1.82) is 0 Å². The van der Waals surface area contributed by atoms with Crippen LogP contribution in [0.3, 0.4) is 0 Å². The molecule has 0 aliphatic carbocycles. The van der Waals surface area contributed by atoms with E-state index in [9.17, 15) is 4.79 Å². The largest absolute Gasteiger partial charge is 0.311 e. The lowest BCUT2D eigenvalue weighted by Gasteiger charge is -2.24. The Morgan fingerprint density at radius 1 is 1.24 bits per heavy atom. The fourth-order valence-corrected chi connectivity index (χ4v) is 1.70. The van der Waals surface area contributed by atoms with Gasteiger partial charge in [0.15, 0.2) is 0 Å². The van der Waals surface area contributed by atoms with Gasteiger partial charge in [0.1, 0.15) is 5.78 Å². The number of ketones is 1. The molecule has 1 aromatic carbocycles. The predicted octanol–water partition coefficient (Wildman–Crippen LogP) is 3.06. The monoisotopic (exact) mass is 233 g/mol. The molecule has 1 rings (SSSR count). The summed E-state index contributed by atoms with van der Waals surface area (Å²) in [5, 5.41) is 3.40. The van der Waals surface area contributed by atoms with Crippen molar-refractivity contribution in [3.63, 3.8) is 0 Å². The lowest BCUT2D eigenvalue weighted by atomic mass is 9.93. The topological polar surface area (TPSA) is 29.1 Å². The Balaban J connectivity index is 2.79. The van der Waals surface area contributed by atoms with E-state index < -0.39 is 0 Å². The summed E-state index contributed by atoms with van der Waals surface area (Å²) >= 11 is 0. The van der Waals surface area contributed by atoms with E-state index in [1.54, 1.807) is 6.92 Å². The van der Waals surface area contributed by atoms with Gasteiger partial charge in [0.05, 0.1) is 5.92 Å². The normalized spacial score (nSPS) is 13.5. The second-order valence-electron chi connectivity index (χ2n) is 5.70. The summed E-state index contributed by atoms with van der Waals surface area (Å²) in [6.07, 6.45) is 0. The summed E-state index contributed by atoms with van der Waals surface area (Å²) in [5.74, 6) is 0.167. The van der Waals surface area contributed by atoms with E-state index in [2.05, 4.69) is 45.1 Å². The van der Waals surface area contributed by atoms with E-state index >= 15 is 0 Å². The highest BCUT2D eigenvalue weighted by Crippen LogP contribution is 2.18. The molecule has 0 amide bonds. The van der Waals surface area contributed by atoms with Crippen molar-refractivity contribution in [2.75, 3.05) is 6.54 Å². The summed E-state index contributed by atoms with van der Waals surface area (Å²) < 4.78 is 0. The second kappa shape index (κ2) is 5.46.